The van der Waals surface area contributed by atoms with E-state index in [0.29, 0.717) is 5.92 Å². The first-order valence-corrected chi connectivity index (χ1v) is 11.0. The van der Waals surface area contributed by atoms with E-state index in [1.54, 1.807) is 0 Å². The SMILES string of the molecule is c1ccc(Cn2nnnc2C2(C3CCC3)CCN(Cc3csnn3)CC2)cc1. The van der Waals surface area contributed by atoms with Crippen molar-refractivity contribution < 1.29 is 0 Å². The van der Waals surface area contributed by atoms with Gasteiger partial charge < -0.3 is 0 Å². The molecule has 1 saturated heterocycles. The number of hydrogen-bond acceptors (Lipinski definition) is 7. The summed E-state index contributed by atoms with van der Waals surface area (Å²) in [6.45, 7) is 3.76. The molecule has 3 heterocycles. The third-order valence-electron chi connectivity index (χ3n) is 6.58. The average Bonchev–Trinajstić information content (AvgIpc) is 3.35. The molecule has 5 rings (SSSR count). The van der Waals surface area contributed by atoms with Crippen molar-refractivity contribution in [3.05, 3.63) is 52.8 Å². The lowest BCUT2D eigenvalue weighted by Crippen LogP contribution is -2.50. The number of nitrogens with zero attached hydrogens (tertiary/aromatic N) is 7. The first kappa shape index (κ1) is 17.9. The fourth-order valence-electron chi connectivity index (χ4n) is 4.79. The van der Waals surface area contributed by atoms with Crippen molar-refractivity contribution in [1.82, 2.24) is 34.7 Å². The van der Waals surface area contributed by atoms with Crippen LogP contribution in [0.15, 0.2) is 35.7 Å². The largest absolute Gasteiger partial charge is 0.297 e. The normalized spacial score (nSPS) is 20.1. The van der Waals surface area contributed by atoms with E-state index in [9.17, 15) is 0 Å². The molecular weight excluding hydrogens is 370 g/mol. The van der Waals surface area contributed by atoms with Crippen LogP contribution in [0.3, 0.4) is 0 Å². The highest BCUT2D eigenvalue weighted by Crippen LogP contribution is 2.49. The molecule has 8 heteroatoms. The van der Waals surface area contributed by atoms with Gasteiger partial charge in [-0.3, -0.25) is 4.90 Å². The number of rotatable bonds is 6. The second kappa shape index (κ2) is 7.67. The lowest BCUT2D eigenvalue weighted by Gasteiger charge is -2.49. The highest BCUT2D eigenvalue weighted by molar-refractivity contribution is 7.03. The molecular formula is C20H25N7S. The maximum absolute atomic E-state index is 4.57. The van der Waals surface area contributed by atoms with Crippen LogP contribution < -0.4 is 0 Å². The molecule has 0 amide bonds. The van der Waals surface area contributed by atoms with Crippen molar-refractivity contribution >= 4 is 11.5 Å². The Kier molecular flexibility index (Phi) is 4.90. The minimum Gasteiger partial charge on any atom is -0.297 e. The number of aromatic nitrogens is 6. The van der Waals surface area contributed by atoms with Crippen LogP contribution in [-0.4, -0.2) is 47.8 Å². The van der Waals surface area contributed by atoms with Gasteiger partial charge in [0.1, 0.15) is 0 Å². The van der Waals surface area contributed by atoms with Crippen molar-refractivity contribution in [2.24, 2.45) is 5.92 Å². The van der Waals surface area contributed by atoms with Crippen molar-refractivity contribution in [2.45, 2.75) is 50.6 Å². The van der Waals surface area contributed by atoms with Crippen LogP contribution in [0.25, 0.3) is 0 Å². The molecule has 2 aliphatic rings. The maximum Gasteiger partial charge on any atom is 0.158 e. The summed E-state index contributed by atoms with van der Waals surface area (Å²) in [6.07, 6.45) is 6.16. The number of benzene rings is 1. The fourth-order valence-corrected chi connectivity index (χ4v) is 5.23. The van der Waals surface area contributed by atoms with E-state index in [0.717, 1.165) is 50.5 Å². The van der Waals surface area contributed by atoms with E-state index in [4.69, 9.17) is 0 Å². The molecule has 1 aliphatic carbocycles. The molecule has 0 N–H and O–H groups in total. The van der Waals surface area contributed by atoms with Crippen LogP contribution in [0.1, 0.15) is 49.2 Å². The van der Waals surface area contributed by atoms with E-state index < -0.39 is 0 Å². The van der Waals surface area contributed by atoms with Crippen molar-refractivity contribution in [3.8, 4) is 0 Å². The fraction of sp³-hybridized carbons (Fsp3) is 0.550. The number of likely N-dealkylation sites (tertiary alicyclic amines) is 1. The molecule has 2 aromatic heterocycles. The van der Waals surface area contributed by atoms with Crippen LogP contribution in [-0.2, 0) is 18.5 Å². The van der Waals surface area contributed by atoms with Gasteiger partial charge in [0.05, 0.1) is 12.2 Å². The van der Waals surface area contributed by atoms with Gasteiger partial charge in [-0.15, -0.1) is 10.2 Å². The summed E-state index contributed by atoms with van der Waals surface area (Å²) >= 11 is 1.43. The zero-order valence-corrected chi connectivity index (χ0v) is 16.8. The topological polar surface area (TPSA) is 72.6 Å². The Labute approximate surface area is 168 Å². The average molecular weight is 396 g/mol. The summed E-state index contributed by atoms with van der Waals surface area (Å²) in [4.78, 5) is 2.50. The zero-order valence-electron chi connectivity index (χ0n) is 15.9. The third-order valence-corrected chi connectivity index (χ3v) is 7.13. The summed E-state index contributed by atoms with van der Waals surface area (Å²) in [5.74, 6) is 1.80. The minimum absolute atomic E-state index is 0.105. The molecule has 1 saturated carbocycles. The van der Waals surface area contributed by atoms with Gasteiger partial charge in [-0.25, -0.2) is 4.68 Å². The van der Waals surface area contributed by atoms with Crippen LogP contribution in [0, 0.1) is 5.92 Å². The Morgan fingerprint density at radius 3 is 2.54 bits per heavy atom. The second-order valence-corrected chi connectivity index (χ2v) is 8.71. The molecule has 0 radical (unpaired) electrons. The summed E-state index contributed by atoms with van der Waals surface area (Å²) in [7, 11) is 0. The van der Waals surface area contributed by atoms with Crippen LogP contribution >= 0.6 is 11.5 Å². The number of hydrogen-bond donors (Lipinski definition) is 0. The van der Waals surface area contributed by atoms with E-state index in [1.807, 2.05) is 16.1 Å². The van der Waals surface area contributed by atoms with E-state index in [1.165, 1.54) is 36.4 Å². The van der Waals surface area contributed by atoms with E-state index in [2.05, 4.69) is 54.3 Å². The van der Waals surface area contributed by atoms with Crippen LogP contribution in [0.5, 0.6) is 0 Å². The molecule has 0 unspecified atom stereocenters. The quantitative estimate of drug-likeness (QED) is 0.639. The van der Waals surface area contributed by atoms with Gasteiger partial charge in [0.15, 0.2) is 5.82 Å². The highest BCUT2D eigenvalue weighted by Gasteiger charge is 2.48. The molecule has 146 valence electrons. The summed E-state index contributed by atoms with van der Waals surface area (Å²) in [5.41, 5.74) is 2.43. The van der Waals surface area contributed by atoms with Crippen molar-refractivity contribution in [1.29, 1.82) is 0 Å². The molecule has 0 atom stereocenters. The lowest BCUT2D eigenvalue weighted by atomic mass is 9.60. The molecule has 0 bridgehead atoms. The number of tetrazole rings is 1. The van der Waals surface area contributed by atoms with E-state index in [-0.39, 0.29) is 5.41 Å². The van der Waals surface area contributed by atoms with Crippen LogP contribution in [0.2, 0.25) is 0 Å². The van der Waals surface area contributed by atoms with E-state index >= 15 is 0 Å². The zero-order chi connectivity index (χ0) is 18.8. The molecule has 2 fully saturated rings. The van der Waals surface area contributed by atoms with Gasteiger partial charge in [-0.2, -0.15) is 0 Å². The Hall–Kier alpha value is -2.19. The Morgan fingerprint density at radius 1 is 1.04 bits per heavy atom. The van der Waals surface area contributed by atoms with Crippen LogP contribution in [0.4, 0.5) is 0 Å². The third kappa shape index (κ3) is 3.35. The van der Waals surface area contributed by atoms with Gasteiger partial charge in [-0.05, 0) is 72.2 Å². The molecule has 1 aromatic carbocycles. The molecule has 1 aliphatic heterocycles. The first-order valence-electron chi connectivity index (χ1n) is 10.1. The molecule has 28 heavy (non-hydrogen) atoms. The predicted octanol–water partition coefficient (Wildman–Crippen LogP) is 2.91. The Morgan fingerprint density at radius 2 is 1.86 bits per heavy atom. The summed E-state index contributed by atoms with van der Waals surface area (Å²) in [5, 5.41) is 19.3. The smallest absolute Gasteiger partial charge is 0.158 e. The minimum atomic E-state index is 0.105. The molecule has 0 spiro atoms. The Bertz CT molecular complexity index is 880. The first-order chi connectivity index (χ1) is 13.8. The highest BCUT2D eigenvalue weighted by atomic mass is 32.1. The maximum atomic E-state index is 4.57. The second-order valence-electron chi connectivity index (χ2n) is 8.10. The Balaban J connectivity index is 1.37. The monoisotopic (exact) mass is 395 g/mol. The number of piperidine rings is 1. The van der Waals surface area contributed by atoms with Gasteiger partial charge in [0.2, 0.25) is 0 Å². The van der Waals surface area contributed by atoms with Gasteiger partial charge >= 0.3 is 0 Å². The van der Waals surface area contributed by atoms with Gasteiger partial charge in [-0.1, -0.05) is 41.2 Å². The summed E-state index contributed by atoms with van der Waals surface area (Å²) in [6, 6.07) is 10.5. The van der Waals surface area contributed by atoms with Gasteiger partial charge in [0, 0.05) is 17.3 Å². The summed E-state index contributed by atoms with van der Waals surface area (Å²) < 4.78 is 6.04. The molecule has 7 nitrogen and oxygen atoms in total. The molecule has 3 aromatic rings. The van der Waals surface area contributed by atoms with Crippen molar-refractivity contribution in [2.75, 3.05) is 13.1 Å². The standard InChI is InChI=1S/C20H25N7S/c1-2-5-16(6-3-1)13-27-19(22-23-24-27)20(17-7-4-8-17)9-11-26(12-10-20)14-18-15-28-25-21-18/h1-3,5-6,15,17H,4,7-14H2. The lowest BCUT2D eigenvalue weighted by molar-refractivity contribution is 0.0597. The predicted molar refractivity (Wildman–Crippen MR) is 107 cm³/mol. The van der Waals surface area contributed by atoms with Gasteiger partial charge in [0.25, 0.3) is 0 Å². The van der Waals surface area contributed by atoms with Crippen molar-refractivity contribution in [3.63, 3.8) is 0 Å².